The predicted octanol–water partition coefficient (Wildman–Crippen LogP) is 0.740. The number of para-hydroxylation sites is 1. The number of carbonyl (C=O) groups is 1. The fourth-order valence-electron chi connectivity index (χ4n) is 3.49. The molecule has 1 saturated heterocycles. The van der Waals surface area contributed by atoms with Gasteiger partial charge in [-0.25, -0.2) is 8.42 Å². The van der Waals surface area contributed by atoms with Crippen LogP contribution in [0.1, 0.15) is 11.1 Å². The molecule has 2 N–H and O–H groups in total. The molecule has 0 saturated carbocycles. The van der Waals surface area contributed by atoms with Crippen molar-refractivity contribution in [2.45, 2.75) is 18.7 Å². The molecule has 1 fully saturated rings. The van der Waals surface area contributed by atoms with E-state index in [4.69, 9.17) is 0 Å². The van der Waals surface area contributed by atoms with E-state index in [-0.39, 0.29) is 30.4 Å². The monoisotopic (exact) mass is 433 g/mol. The largest absolute Gasteiger partial charge is 0.325 e. The van der Waals surface area contributed by atoms with E-state index in [0.717, 1.165) is 21.7 Å². The lowest BCUT2D eigenvalue weighted by Gasteiger charge is -2.31. The van der Waals surface area contributed by atoms with Crippen molar-refractivity contribution in [2.24, 2.45) is 0 Å². The van der Waals surface area contributed by atoms with Gasteiger partial charge in [0.2, 0.25) is 10.0 Å². The molecular formula is C20H25N4O5S+. The van der Waals surface area contributed by atoms with Gasteiger partial charge in [-0.15, -0.1) is 0 Å². The van der Waals surface area contributed by atoms with Gasteiger partial charge in [0, 0.05) is 11.8 Å². The summed E-state index contributed by atoms with van der Waals surface area (Å²) in [6, 6.07) is 11.1. The quantitative estimate of drug-likeness (QED) is 0.515. The zero-order valence-electron chi connectivity index (χ0n) is 16.9. The van der Waals surface area contributed by atoms with Crippen molar-refractivity contribution in [1.29, 1.82) is 0 Å². The normalized spacial score (nSPS) is 15.7. The van der Waals surface area contributed by atoms with Crippen molar-refractivity contribution < 1.29 is 23.0 Å². The van der Waals surface area contributed by atoms with Crippen molar-refractivity contribution >= 4 is 27.3 Å². The minimum absolute atomic E-state index is 0.131. The number of hydrogen-bond donors (Lipinski definition) is 2. The zero-order chi connectivity index (χ0) is 21.9. The number of nitrogens with zero attached hydrogens (tertiary/aromatic N) is 2. The van der Waals surface area contributed by atoms with Gasteiger partial charge >= 0.3 is 0 Å². The zero-order valence-corrected chi connectivity index (χ0v) is 17.7. The lowest BCUT2D eigenvalue weighted by molar-refractivity contribution is -0.895. The van der Waals surface area contributed by atoms with Crippen molar-refractivity contribution in [1.82, 2.24) is 4.31 Å². The molecule has 10 heteroatoms. The Labute approximate surface area is 175 Å². The molecule has 9 nitrogen and oxygen atoms in total. The highest BCUT2D eigenvalue weighted by Gasteiger charge is 2.35. The highest BCUT2D eigenvalue weighted by molar-refractivity contribution is 7.89. The second-order valence-electron chi connectivity index (χ2n) is 7.35. The van der Waals surface area contributed by atoms with E-state index in [1.54, 1.807) is 0 Å². The number of rotatable bonds is 6. The van der Waals surface area contributed by atoms with E-state index in [1.807, 2.05) is 32.0 Å². The first kappa shape index (κ1) is 21.9. The highest BCUT2D eigenvalue weighted by atomic mass is 32.2. The topological polar surface area (TPSA) is 114 Å². The van der Waals surface area contributed by atoms with Crippen molar-refractivity contribution in [3.8, 4) is 0 Å². The van der Waals surface area contributed by atoms with Crippen LogP contribution in [0.3, 0.4) is 0 Å². The summed E-state index contributed by atoms with van der Waals surface area (Å²) in [6.45, 7) is 5.44. The Morgan fingerprint density at radius 3 is 2.47 bits per heavy atom. The van der Waals surface area contributed by atoms with Crippen LogP contribution in [0.4, 0.5) is 11.4 Å². The van der Waals surface area contributed by atoms with Gasteiger partial charge < -0.3 is 10.2 Å². The number of nitrogens with one attached hydrogen (secondary N) is 2. The first-order valence-electron chi connectivity index (χ1n) is 9.63. The smallest absolute Gasteiger partial charge is 0.289 e. The average Bonchev–Trinajstić information content (AvgIpc) is 2.72. The predicted molar refractivity (Wildman–Crippen MR) is 112 cm³/mol. The summed E-state index contributed by atoms with van der Waals surface area (Å²) in [5.74, 6) is -0.131. The van der Waals surface area contributed by atoms with Crippen LogP contribution in [-0.4, -0.2) is 56.3 Å². The van der Waals surface area contributed by atoms with E-state index in [1.165, 1.54) is 28.6 Å². The first-order chi connectivity index (χ1) is 14.2. The maximum Gasteiger partial charge on any atom is 0.289 e. The van der Waals surface area contributed by atoms with Gasteiger partial charge in [0.15, 0.2) is 11.4 Å². The van der Waals surface area contributed by atoms with Crippen LogP contribution < -0.4 is 10.2 Å². The summed E-state index contributed by atoms with van der Waals surface area (Å²) in [6.07, 6.45) is 0. The number of benzene rings is 2. The van der Waals surface area contributed by atoms with E-state index >= 15 is 0 Å². The summed E-state index contributed by atoms with van der Waals surface area (Å²) in [7, 11) is -3.97. The molecular weight excluding hydrogens is 408 g/mol. The van der Waals surface area contributed by atoms with Crippen LogP contribution in [0.15, 0.2) is 47.4 Å². The maximum absolute atomic E-state index is 12.9. The molecule has 2 aromatic carbocycles. The number of anilines is 1. The van der Waals surface area contributed by atoms with Gasteiger partial charge in [0.05, 0.1) is 31.1 Å². The van der Waals surface area contributed by atoms with Crippen molar-refractivity contribution in [3.63, 3.8) is 0 Å². The number of hydrogen-bond acceptors (Lipinski definition) is 5. The summed E-state index contributed by atoms with van der Waals surface area (Å²) >= 11 is 0. The number of quaternary nitrogens is 1. The lowest BCUT2D eigenvalue weighted by atomic mass is 10.1. The third-order valence-corrected chi connectivity index (χ3v) is 7.34. The molecule has 0 unspecified atom stereocenters. The number of amides is 1. The van der Waals surface area contributed by atoms with Gasteiger partial charge in [-0.2, -0.15) is 4.31 Å². The number of nitro benzene ring substituents is 1. The third kappa shape index (κ3) is 4.66. The summed E-state index contributed by atoms with van der Waals surface area (Å²) in [5, 5.41) is 14.1. The third-order valence-electron chi connectivity index (χ3n) is 5.40. The molecule has 1 amide bonds. The Bertz CT molecular complexity index is 1060. The van der Waals surface area contributed by atoms with Crippen molar-refractivity contribution in [3.05, 3.63) is 63.7 Å². The van der Waals surface area contributed by atoms with Gasteiger partial charge in [-0.3, -0.25) is 14.9 Å². The fraction of sp³-hybridized carbons (Fsp3) is 0.350. The van der Waals surface area contributed by atoms with Crippen LogP contribution in [0, 0.1) is 24.0 Å². The Kier molecular flexibility index (Phi) is 6.49. The second kappa shape index (κ2) is 8.90. The SMILES string of the molecule is Cc1cccc(NC(=O)C[NH+]2CCN(S(=O)(=O)c3ccccc3[N+](=O)[O-])CC2)c1C. The Morgan fingerprint density at radius 1 is 1.13 bits per heavy atom. The number of carbonyl (C=O) groups excluding carboxylic acids is 1. The summed E-state index contributed by atoms with van der Waals surface area (Å²) < 4.78 is 27.0. The molecule has 0 bridgehead atoms. The molecule has 3 rings (SSSR count). The minimum Gasteiger partial charge on any atom is -0.325 e. The Balaban J connectivity index is 1.61. The molecule has 160 valence electrons. The first-order valence-corrected chi connectivity index (χ1v) is 11.1. The van der Waals surface area contributed by atoms with Crippen LogP contribution in [0.25, 0.3) is 0 Å². The van der Waals surface area contributed by atoms with Gasteiger partial charge in [-0.05, 0) is 37.1 Å². The number of aryl methyl sites for hydroxylation is 1. The van der Waals surface area contributed by atoms with Crippen LogP contribution in [0.5, 0.6) is 0 Å². The van der Waals surface area contributed by atoms with Crippen LogP contribution in [-0.2, 0) is 14.8 Å². The van der Waals surface area contributed by atoms with E-state index in [0.29, 0.717) is 13.1 Å². The number of piperazine rings is 1. The molecule has 1 aliphatic heterocycles. The van der Waals surface area contributed by atoms with E-state index in [2.05, 4.69) is 5.32 Å². The highest BCUT2D eigenvalue weighted by Crippen LogP contribution is 2.26. The second-order valence-corrected chi connectivity index (χ2v) is 9.26. The lowest BCUT2D eigenvalue weighted by Crippen LogP contribution is -3.15. The van der Waals surface area contributed by atoms with Crippen molar-refractivity contribution in [2.75, 3.05) is 38.0 Å². The molecule has 30 heavy (non-hydrogen) atoms. The fourth-order valence-corrected chi connectivity index (χ4v) is 5.09. The standard InChI is InChI=1S/C20H24N4O5S/c1-15-6-5-7-17(16(15)2)21-20(25)14-22-10-12-23(13-11-22)30(28,29)19-9-4-3-8-18(19)24(26)27/h3-9H,10-14H2,1-2H3,(H,21,25)/p+1. The van der Waals surface area contributed by atoms with E-state index in [9.17, 15) is 23.3 Å². The van der Waals surface area contributed by atoms with E-state index < -0.39 is 20.6 Å². The molecule has 0 spiro atoms. The summed E-state index contributed by atoms with van der Waals surface area (Å²) in [5.41, 5.74) is 2.45. The van der Waals surface area contributed by atoms with Crippen LogP contribution >= 0.6 is 0 Å². The maximum atomic E-state index is 12.9. The molecule has 0 radical (unpaired) electrons. The molecule has 1 aliphatic rings. The Morgan fingerprint density at radius 2 is 1.80 bits per heavy atom. The van der Waals surface area contributed by atoms with Crippen LogP contribution in [0.2, 0.25) is 0 Å². The van der Waals surface area contributed by atoms with Gasteiger partial charge in [-0.1, -0.05) is 24.3 Å². The summed E-state index contributed by atoms with van der Waals surface area (Å²) in [4.78, 5) is 23.6. The van der Waals surface area contributed by atoms with Gasteiger partial charge in [0.1, 0.15) is 0 Å². The molecule has 0 aromatic heterocycles. The molecule has 1 heterocycles. The van der Waals surface area contributed by atoms with Gasteiger partial charge in [0.25, 0.3) is 11.6 Å². The molecule has 0 aliphatic carbocycles. The number of sulfonamides is 1. The Hall–Kier alpha value is -2.82. The minimum atomic E-state index is -3.97. The molecule has 0 atom stereocenters. The number of nitro groups is 1. The average molecular weight is 434 g/mol. The molecule has 2 aromatic rings.